The van der Waals surface area contributed by atoms with Crippen molar-refractivity contribution < 1.29 is 4.92 Å². The largest absolute Gasteiger partial charge is 0.378 e. The van der Waals surface area contributed by atoms with E-state index in [4.69, 9.17) is 5.73 Å². The quantitative estimate of drug-likeness (QED) is 0.599. The summed E-state index contributed by atoms with van der Waals surface area (Å²) < 4.78 is 0. The number of nitrogen functional groups attached to an aromatic ring is 1. The first-order valence-corrected chi connectivity index (χ1v) is 6.33. The summed E-state index contributed by atoms with van der Waals surface area (Å²) in [5.74, 6) is 0.587. The molecule has 9 heteroatoms. The number of hydrogen-bond acceptors (Lipinski definition) is 8. The summed E-state index contributed by atoms with van der Waals surface area (Å²) >= 11 is 0. The Bertz CT molecular complexity index is 512. The van der Waals surface area contributed by atoms with E-state index in [2.05, 4.69) is 14.9 Å². The van der Waals surface area contributed by atoms with Crippen molar-refractivity contribution in [3.05, 3.63) is 10.1 Å². The van der Waals surface area contributed by atoms with Gasteiger partial charge in [-0.3, -0.25) is 10.1 Å². The number of rotatable bonds is 3. The second-order valence-corrected chi connectivity index (χ2v) is 5.02. The van der Waals surface area contributed by atoms with Crippen LogP contribution in [0.1, 0.15) is 0 Å². The van der Waals surface area contributed by atoms with E-state index in [0.29, 0.717) is 24.9 Å². The lowest BCUT2D eigenvalue weighted by Crippen LogP contribution is -2.45. The highest BCUT2D eigenvalue weighted by Crippen LogP contribution is 2.32. The predicted molar refractivity (Wildman–Crippen MR) is 77.1 cm³/mol. The van der Waals surface area contributed by atoms with Crippen LogP contribution >= 0.6 is 0 Å². The number of anilines is 3. The van der Waals surface area contributed by atoms with Crippen LogP contribution in [0.3, 0.4) is 0 Å². The van der Waals surface area contributed by atoms with Crippen LogP contribution in [0.5, 0.6) is 0 Å². The van der Waals surface area contributed by atoms with Gasteiger partial charge in [-0.2, -0.15) is 9.97 Å². The molecule has 2 heterocycles. The third-order valence-corrected chi connectivity index (χ3v) is 3.27. The van der Waals surface area contributed by atoms with E-state index in [9.17, 15) is 10.1 Å². The molecule has 0 spiro atoms. The molecule has 2 rings (SSSR count). The third kappa shape index (κ3) is 2.72. The van der Waals surface area contributed by atoms with E-state index in [1.807, 2.05) is 11.9 Å². The molecule has 0 bridgehead atoms. The Hall–Kier alpha value is -2.16. The number of nitrogens with two attached hydrogens (primary N) is 1. The van der Waals surface area contributed by atoms with Crippen molar-refractivity contribution in [2.75, 3.05) is 62.9 Å². The molecule has 0 aromatic carbocycles. The first-order chi connectivity index (χ1) is 9.40. The zero-order valence-electron chi connectivity index (χ0n) is 11.9. The molecule has 1 aliphatic rings. The SMILES string of the molecule is CN1CCN(c2nc(N(C)C)nc(N)c2[N+](=O)[O-])CC1. The Morgan fingerprint density at radius 2 is 1.85 bits per heavy atom. The molecule has 0 radical (unpaired) electrons. The minimum atomic E-state index is -0.511. The lowest BCUT2D eigenvalue weighted by molar-refractivity contribution is -0.383. The van der Waals surface area contributed by atoms with E-state index in [-0.39, 0.29) is 11.5 Å². The maximum atomic E-state index is 11.2. The summed E-state index contributed by atoms with van der Waals surface area (Å²) in [5, 5.41) is 11.2. The molecular formula is C11H19N7O2. The van der Waals surface area contributed by atoms with Crippen LogP contribution in [0.25, 0.3) is 0 Å². The maximum absolute atomic E-state index is 11.2. The average Bonchev–Trinajstić information content (AvgIpc) is 2.38. The first-order valence-electron chi connectivity index (χ1n) is 6.33. The van der Waals surface area contributed by atoms with E-state index in [1.165, 1.54) is 0 Å². The van der Waals surface area contributed by atoms with Gasteiger partial charge in [0.2, 0.25) is 17.6 Å². The van der Waals surface area contributed by atoms with Gasteiger partial charge in [-0.05, 0) is 7.05 Å². The van der Waals surface area contributed by atoms with Gasteiger partial charge in [0, 0.05) is 40.3 Å². The fourth-order valence-corrected chi connectivity index (χ4v) is 2.06. The first kappa shape index (κ1) is 14.3. The topological polar surface area (TPSA) is 105 Å². The number of piperazine rings is 1. The molecule has 0 saturated carbocycles. The highest BCUT2D eigenvalue weighted by molar-refractivity contribution is 5.71. The van der Waals surface area contributed by atoms with Crippen molar-refractivity contribution in [3.8, 4) is 0 Å². The van der Waals surface area contributed by atoms with Gasteiger partial charge in [0.25, 0.3) is 0 Å². The van der Waals surface area contributed by atoms with Gasteiger partial charge in [-0.15, -0.1) is 0 Å². The van der Waals surface area contributed by atoms with E-state index in [1.54, 1.807) is 19.0 Å². The molecular weight excluding hydrogens is 262 g/mol. The molecule has 0 aliphatic carbocycles. The van der Waals surface area contributed by atoms with Gasteiger partial charge in [0.15, 0.2) is 0 Å². The standard InChI is InChI=1S/C11H19N7O2/c1-15(2)11-13-9(12)8(18(19)20)10(14-11)17-6-4-16(3)5-7-17/h4-7H2,1-3H3,(H2,12,13,14). The Morgan fingerprint density at radius 1 is 1.25 bits per heavy atom. The zero-order chi connectivity index (χ0) is 14.9. The molecule has 1 aromatic heterocycles. The maximum Gasteiger partial charge on any atom is 0.353 e. The predicted octanol–water partition coefficient (Wildman–Crippen LogP) is -0.215. The van der Waals surface area contributed by atoms with Crippen LogP contribution in [0, 0.1) is 10.1 Å². The summed E-state index contributed by atoms with van der Waals surface area (Å²) in [7, 11) is 5.56. The number of aromatic nitrogens is 2. The lowest BCUT2D eigenvalue weighted by Gasteiger charge is -2.33. The minimum Gasteiger partial charge on any atom is -0.378 e. The zero-order valence-corrected chi connectivity index (χ0v) is 11.9. The smallest absolute Gasteiger partial charge is 0.353 e. The lowest BCUT2D eigenvalue weighted by atomic mass is 10.3. The van der Waals surface area contributed by atoms with Crippen molar-refractivity contribution in [3.63, 3.8) is 0 Å². The van der Waals surface area contributed by atoms with Gasteiger partial charge < -0.3 is 20.4 Å². The van der Waals surface area contributed by atoms with E-state index in [0.717, 1.165) is 13.1 Å². The highest BCUT2D eigenvalue weighted by Gasteiger charge is 2.29. The minimum absolute atomic E-state index is 0.0948. The number of nitrogens with zero attached hydrogens (tertiary/aromatic N) is 6. The van der Waals surface area contributed by atoms with Gasteiger partial charge in [-0.25, -0.2) is 0 Å². The molecule has 0 atom stereocenters. The van der Waals surface area contributed by atoms with Crippen molar-refractivity contribution in [1.82, 2.24) is 14.9 Å². The monoisotopic (exact) mass is 281 g/mol. The van der Waals surface area contributed by atoms with Crippen molar-refractivity contribution in [2.45, 2.75) is 0 Å². The van der Waals surface area contributed by atoms with Gasteiger partial charge >= 0.3 is 5.69 Å². The van der Waals surface area contributed by atoms with Crippen LogP contribution in [-0.4, -0.2) is 67.1 Å². The Morgan fingerprint density at radius 3 is 2.35 bits per heavy atom. The molecule has 9 nitrogen and oxygen atoms in total. The number of nitro groups is 1. The van der Waals surface area contributed by atoms with Gasteiger partial charge in [0.1, 0.15) is 0 Å². The summed E-state index contributed by atoms with van der Waals surface area (Å²) in [6, 6.07) is 0. The normalized spacial score (nSPS) is 16.2. The number of likely N-dealkylation sites (N-methyl/N-ethyl adjacent to an activating group) is 1. The molecule has 20 heavy (non-hydrogen) atoms. The Balaban J connectivity index is 2.45. The molecule has 0 unspecified atom stereocenters. The van der Waals surface area contributed by atoms with E-state index >= 15 is 0 Å². The third-order valence-electron chi connectivity index (χ3n) is 3.27. The van der Waals surface area contributed by atoms with Gasteiger partial charge in [0.05, 0.1) is 4.92 Å². The average molecular weight is 281 g/mol. The molecule has 1 saturated heterocycles. The number of hydrogen-bond donors (Lipinski definition) is 1. The second kappa shape index (κ2) is 5.45. The molecule has 1 aliphatic heterocycles. The molecule has 2 N–H and O–H groups in total. The van der Waals surface area contributed by atoms with Crippen LogP contribution in [0.4, 0.5) is 23.3 Å². The summed E-state index contributed by atoms with van der Waals surface area (Å²) in [4.78, 5) is 24.7. The highest BCUT2D eigenvalue weighted by atomic mass is 16.6. The van der Waals surface area contributed by atoms with Crippen LogP contribution in [0.2, 0.25) is 0 Å². The van der Waals surface area contributed by atoms with Gasteiger partial charge in [-0.1, -0.05) is 0 Å². The molecule has 0 amide bonds. The fourth-order valence-electron chi connectivity index (χ4n) is 2.06. The Kier molecular flexibility index (Phi) is 3.89. The van der Waals surface area contributed by atoms with Crippen molar-refractivity contribution >= 4 is 23.3 Å². The summed E-state index contributed by atoms with van der Waals surface area (Å²) in [5.41, 5.74) is 5.53. The second-order valence-electron chi connectivity index (χ2n) is 5.02. The fraction of sp³-hybridized carbons (Fsp3) is 0.636. The van der Waals surface area contributed by atoms with Crippen molar-refractivity contribution in [2.24, 2.45) is 0 Å². The molecule has 110 valence electrons. The van der Waals surface area contributed by atoms with Crippen LogP contribution in [-0.2, 0) is 0 Å². The summed E-state index contributed by atoms with van der Waals surface area (Å²) in [6.45, 7) is 3.03. The summed E-state index contributed by atoms with van der Waals surface area (Å²) in [6.07, 6.45) is 0. The van der Waals surface area contributed by atoms with E-state index < -0.39 is 4.92 Å². The molecule has 1 fully saturated rings. The Labute approximate surface area is 117 Å². The molecule has 1 aromatic rings. The van der Waals surface area contributed by atoms with Crippen LogP contribution in [0.15, 0.2) is 0 Å². The van der Waals surface area contributed by atoms with Crippen molar-refractivity contribution in [1.29, 1.82) is 0 Å². The van der Waals surface area contributed by atoms with Crippen LogP contribution < -0.4 is 15.5 Å².